The molecule has 2 heterocycles. The Morgan fingerprint density at radius 2 is 2.30 bits per heavy atom. The highest BCUT2D eigenvalue weighted by molar-refractivity contribution is 7.13. The van der Waals surface area contributed by atoms with E-state index in [0.29, 0.717) is 12.0 Å². The van der Waals surface area contributed by atoms with Gasteiger partial charge in [0, 0.05) is 12.1 Å². The number of carbonyl (C=O) groups is 1. The Kier molecular flexibility index (Phi) is 5.16. The quantitative estimate of drug-likeness (QED) is 0.897. The van der Waals surface area contributed by atoms with E-state index in [1.54, 1.807) is 0 Å². The van der Waals surface area contributed by atoms with Crippen molar-refractivity contribution in [3.8, 4) is 0 Å². The van der Waals surface area contributed by atoms with Gasteiger partial charge in [0.05, 0.1) is 10.7 Å². The summed E-state index contributed by atoms with van der Waals surface area (Å²) >= 11 is 1.51. The van der Waals surface area contributed by atoms with Crippen LogP contribution in [-0.4, -0.2) is 29.5 Å². The van der Waals surface area contributed by atoms with Crippen LogP contribution in [0.4, 0.5) is 0 Å². The Morgan fingerprint density at radius 1 is 1.55 bits per heavy atom. The van der Waals surface area contributed by atoms with Crippen molar-refractivity contribution in [3.05, 3.63) is 15.6 Å². The van der Waals surface area contributed by atoms with E-state index in [1.807, 2.05) is 6.92 Å². The van der Waals surface area contributed by atoms with Crippen LogP contribution in [0.25, 0.3) is 0 Å². The predicted octanol–water partition coefficient (Wildman–Crippen LogP) is 2.52. The maximum Gasteiger partial charge on any atom is 0.263 e. The van der Waals surface area contributed by atoms with Crippen molar-refractivity contribution >= 4 is 17.2 Å². The third-order valence-corrected chi connectivity index (χ3v) is 4.70. The van der Waals surface area contributed by atoms with Crippen LogP contribution in [0.5, 0.6) is 0 Å². The smallest absolute Gasteiger partial charge is 0.263 e. The van der Waals surface area contributed by atoms with Gasteiger partial charge in [0.1, 0.15) is 4.88 Å². The monoisotopic (exact) mass is 295 g/mol. The van der Waals surface area contributed by atoms with Gasteiger partial charge in [-0.3, -0.25) is 4.79 Å². The first-order valence-electron chi connectivity index (χ1n) is 7.48. The van der Waals surface area contributed by atoms with Crippen LogP contribution in [-0.2, 0) is 6.42 Å². The molecule has 1 fully saturated rings. The van der Waals surface area contributed by atoms with Gasteiger partial charge in [-0.05, 0) is 45.6 Å². The van der Waals surface area contributed by atoms with Crippen LogP contribution < -0.4 is 10.6 Å². The third kappa shape index (κ3) is 3.79. The lowest BCUT2D eigenvalue weighted by molar-refractivity contribution is 0.0922. The predicted molar refractivity (Wildman–Crippen MR) is 83.3 cm³/mol. The highest BCUT2D eigenvalue weighted by atomic mass is 32.1. The number of piperidine rings is 1. The molecular formula is C15H25N3OS. The molecule has 2 N–H and O–H groups in total. The Morgan fingerprint density at radius 3 is 2.95 bits per heavy atom. The molecule has 1 saturated heterocycles. The zero-order valence-electron chi connectivity index (χ0n) is 12.8. The first kappa shape index (κ1) is 15.4. The number of aryl methyl sites for hydroxylation is 1. The largest absolute Gasteiger partial charge is 0.347 e. The normalized spacial score (nSPS) is 23.1. The standard InChI is InChI=1S/C15H25N3OS/c1-9(2)8-13-14(20-11(4)17-13)15(19)18-12-6-5-7-16-10(12)3/h9-10,12,16H,5-8H2,1-4H3,(H,18,19). The van der Waals surface area contributed by atoms with Gasteiger partial charge in [0.15, 0.2) is 0 Å². The Bertz CT molecular complexity index is 470. The fraction of sp³-hybridized carbons (Fsp3) is 0.733. The molecule has 1 amide bonds. The first-order chi connectivity index (χ1) is 9.47. The van der Waals surface area contributed by atoms with E-state index in [4.69, 9.17) is 0 Å². The molecule has 1 aromatic heterocycles. The number of carbonyl (C=O) groups excluding carboxylic acids is 1. The number of rotatable bonds is 4. The van der Waals surface area contributed by atoms with Gasteiger partial charge in [-0.2, -0.15) is 0 Å². The van der Waals surface area contributed by atoms with Crippen molar-refractivity contribution in [2.45, 2.75) is 59.0 Å². The topological polar surface area (TPSA) is 54.0 Å². The fourth-order valence-electron chi connectivity index (χ4n) is 2.65. The van der Waals surface area contributed by atoms with Gasteiger partial charge >= 0.3 is 0 Å². The third-order valence-electron chi connectivity index (χ3n) is 3.69. The number of aromatic nitrogens is 1. The van der Waals surface area contributed by atoms with E-state index in [0.717, 1.165) is 41.4 Å². The van der Waals surface area contributed by atoms with E-state index in [2.05, 4.69) is 36.4 Å². The summed E-state index contributed by atoms with van der Waals surface area (Å²) in [5.41, 5.74) is 0.955. The highest BCUT2D eigenvalue weighted by Gasteiger charge is 2.25. The Hall–Kier alpha value is -0.940. The second-order valence-corrected chi connectivity index (χ2v) is 7.27. The van der Waals surface area contributed by atoms with Crippen LogP contribution in [0.2, 0.25) is 0 Å². The van der Waals surface area contributed by atoms with Crippen LogP contribution in [0.15, 0.2) is 0 Å². The number of nitrogens with zero attached hydrogens (tertiary/aromatic N) is 1. The number of hydrogen-bond donors (Lipinski definition) is 2. The molecule has 2 unspecified atom stereocenters. The van der Waals surface area contributed by atoms with Crippen LogP contribution in [0.1, 0.15) is 54.0 Å². The average Bonchev–Trinajstić information content (AvgIpc) is 2.72. The second-order valence-electron chi connectivity index (χ2n) is 6.07. The van der Waals surface area contributed by atoms with Gasteiger partial charge in [-0.1, -0.05) is 13.8 Å². The van der Waals surface area contributed by atoms with Crippen molar-refractivity contribution in [1.29, 1.82) is 0 Å². The lowest BCUT2D eigenvalue weighted by atomic mass is 9.99. The summed E-state index contributed by atoms with van der Waals surface area (Å²) in [6, 6.07) is 0.570. The minimum absolute atomic E-state index is 0.0480. The zero-order valence-corrected chi connectivity index (χ0v) is 13.6. The van der Waals surface area contributed by atoms with E-state index in [-0.39, 0.29) is 11.9 Å². The summed E-state index contributed by atoms with van der Waals surface area (Å²) in [6.45, 7) is 9.46. The van der Waals surface area contributed by atoms with Gasteiger partial charge in [-0.15, -0.1) is 11.3 Å². The summed E-state index contributed by atoms with van der Waals surface area (Å²) in [4.78, 5) is 17.8. The highest BCUT2D eigenvalue weighted by Crippen LogP contribution is 2.21. The van der Waals surface area contributed by atoms with Gasteiger partial charge in [0.25, 0.3) is 5.91 Å². The molecule has 1 aliphatic rings. The minimum Gasteiger partial charge on any atom is -0.347 e. The Balaban J connectivity index is 2.08. The summed E-state index contributed by atoms with van der Waals surface area (Å²) in [5, 5.41) is 7.57. The summed E-state index contributed by atoms with van der Waals surface area (Å²) in [6.07, 6.45) is 3.04. The molecule has 20 heavy (non-hydrogen) atoms. The zero-order chi connectivity index (χ0) is 14.7. The van der Waals surface area contributed by atoms with E-state index in [1.165, 1.54) is 11.3 Å². The molecule has 2 rings (SSSR count). The molecule has 0 bridgehead atoms. The molecule has 0 aromatic carbocycles. The second kappa shape index (κ2) is 6.68. The maximum atomic E-state index is 12.5. The first-order valence-corrected chi connectivity index (χ1v) is 8.29. The molecular weight excluding hydrogens is 270 g/mol. The molecule has 0 radical (unpaired) electrons. The van der Waals surface area contributed by atoms with E-state index < -0.39 is 0 Å². The lowest BCUT2D eigenvalue weighted by Gasteiger charge is -2.30. The number of thiazole rings is 1. The average molecular weight is 295 g/mol. The molecule has 1 aliphatic heterocycles. The summed E-state index contributed by atoms with van der Waals surface area (Å²) < 4.78 is 0. The molecule has 112 valence electrons. The van der Waals surface area contributed by atoms with Crippen LogP contribution >= 0.6 is 11.3 Å². The van der Waals surface area contributed by atoms with Gasteiger partial charge in [-0.25, -0.2) is 4.98 Å². The van der Waals surface area contributed by atoms with Crippen molar-refractivity contribution in [1.82, 2.24) is 15.6 Å². The van der Waals surface area contributed by atoms with Crippen molar-refractivity contribution in [3.63, 3.8) is 0 Å². The molecule has 0 spiro atoms. The van der Waals surface area contributed by atoms with E-state index in [9.17, 15) is 4.79 Å². The molecule has 1 aromatic rings. The minimum atomic E-state index is 0.0480. The van der Waals surface area contributed by atoms with Crippen molar-refractivity contribution in [2.24, 2.45) is 5.92 Å². The van der Waals surface area contributed by atoms with Crippen molar-refractivity contribution in [2.75, 3.05) is 6.54 Å². The lowest BCUT2D eigenvalue weighted by Crippen LogP contribution is -2.51. The van der Waals surface area contributed by atoms with E-state index >= 15 is 0 Å². The summed E-state index contributed by atoms with van der Waals surface area (Å²) in [7, 11) is 0. The summed E-state index contributed by atoms with van der Waals surface area (Å²) in [5.74, 6) is 0.560. The van der Waals surface area contributed by atoms with Crippen LogP contribution in [0, 0.1) is 12.8 Å². The molecule has 0 aliphatic carbocycles. The van der Waals surface area contributed by atoms with Crippen molar-refractivity contribution < 1.29 is 4.79 Å². The van der Waals surface area contributed by atoms with Gasteiger partial charge < -0.3 is 10.6 Å². The fourth-order valence-corrected chi connectivity index (χ4v) is 3.50. The number of hydrogen-bond acceptors (Lipinski definition) is 4. The number of nitrogens with one attached hydrogen (secondary N) is 2. The van der Waals surface area contributed by atoms with Crippen LogP contribution in [0.3, 0.4) is 0 Å². The molecule has 5 heteroatoms. The SMILES string of the molecule is Cc1nc(CC(C)C)c(C(=O)NC2CCCNC2C)s1. The number of amides is 1. The Labute approximate surface area is 125 Å². The molecule has 2 atom stereocenters. The molecule has 4 nitrogen and oxygen atoms in total. The molecule has 0 saturated carbocycles. The maximum absolute atomic E-state index is 12.5. The van der Waals surface area contributed by atoms with Gasteiger partial charge in [0.2, 0.25) is 0 Å².